The molecule has 0 spiro atoms. The molecule has 156 valence electrons. The number of aromatic nitrogens is 3. The number of hydrogen-bond acceptors (Lipinski definition) is 7. The average molecular weight is 407 g/mol. The van der Waals surface area contributed by atoms with Crippen molar-refractivity contribution < 1.29 is 14.1 Å². The Morgan fingerprint density at radius 3 is 2.67 bits per heavy atom. The lowest BCUT2D eigenvalue weighted by Gasteiger charge is -2.36. The molecule has 0 radical (unpaired) electrons. The number of nitrogens with zero attached hydrogens (tertiary/aromatic N) is 5. The minimum Gasteiger partial charge on any atom is -0.474 e. The monoisotopic (exact) mass is 407 g/mol. The summed E-state index contributed by atoms with van der Waals surface area (Å²) < 4.78 is 11.2. The number of piperazine rings is 1. The second-order valence-electron chi connectivity index (χ2n) is 7.98. The zero-order valence-corrected chi connectivity index (χ0v) is 17.1. The van der Waals surface area contributed by atoms with E-state index in [1.807, 2.05) is 11.0 Å². The van der Waals surface area contributed by atoms with Crippen LogP contribution in [0.1, 0.15) is 41.8 Å². The molecule has 1 amide bonds. The first-order valence-corrected chi connectivity index (χ1v) is 10.6. The normalized spacial score (nSPS) is 17.6. The first-order valence-electron chi connectivity index (χ1n) is 10.6. The second-order valence-corrected chi connectivity index (χ2v) is 7.98. The van der Waals surface area contributed by atoms with Crippen molar-refractivity contribution in [3.8, 4) is 5.88 Å². The summed E-state index contributed by atoms with van der Waals surface area (Å²) in [4.78, 5) is 25.6. The number of hydrogen-bond donors (Lipinski definition) is 0. The van der Waals surface area contributed by atoms with Gasteiger partial charge in [0.05, 0.1) is 17.1 Å². The Bertz CT molecular complexity index is 1050. The van der Waals surface area contributed by atoms with Gasteiger partial charge in [-0.1, -0.05) is 5.16 Å². The third-order valence-electron chi connectivity index (χ3n) is 6.08. The number of amides is 1. The van der Waals surface area contributed by atoms with E-state index in [-0.39, 0.29) is 12.0 Å². The van der Waals surface area contributed by atoms with Crippen LogP contribution < -0.4 is 9.64 Å². The number of fused-ring (bicyclic) bond motifs is 1. The summed E-state index contributed by atoms with van der Waals surface area (Å²) in [5.74, 6) is 1.21. The maximum Gasteiger partial charge on any atom is 0.259 e. The predicted octanol–water partition coefficient (Wildman–Crippen LogP) is 3.21. The molecule has 1 saturated heterocycles. The number of ether oxygens (including phenoxy) is 1. The molecule has 0 unspecified atom stereocenters. The summed E-state index contributed by atoms with van der Waals surface area (Å²) in [6.07, 6.45) is 7.94. The number of carbonyl (C=O) groups excluding carboxylic acids is 1. The molecule has 1 aromatic carbocycles. The van der Waals surface area contributed by atoms with Crippen molar-refractivity contribution in [3.05, 3.63) is 42.0 Å². The highest BCUT2D eigenvalue weighted by Gasteiger charge is 2.25. The molecule has 8 heteroatoms. The summed E-state index contributed by atoms with van der Waals surface area (Å²) in [5, 5.41) is 4.66. The molecule has 3 aromatic rings. The van der Waals surface area contributed by atoms with E-state index in [2.05, 4.69) is 32.2 Å². The SMILES string of the molecule is Cc1oncc1C(=O)N1CCN(c2ccc3ncnc(OC4CCCC4)c3c2)CC1. The van der Waals surface area contributed by atoms with Crippen LogP contribution >= 0.6 is 0 Å². The Balaban J connectivity index is 1.32. The lowest BCUT2D eigenvalue weighted by Crippen LogP contribution is -2.48. The van der Waals surface area contributed by atoms with Crippen LogP contribution in [-0.4, -0.2) is 58.2 Å². The molecule has 0 N–H and O–H groups in total. The predicted molar refractivity (Wildman–Crippen MR) is 112 cm³/mol. The van der Waals surface area contributed by atoms with Crippen molar-refractivity contribution in [1.82, 2.24) is 20.0 Å². The van der Waals surface area contributed by atoms with Gasteiger partial charge in [-0.3, -0.25) is 4.79 Å². The largest absolute Gasteiger partial charge is 0.474 e. The van der Waals surface area contributed by atoms with Crippen LogP contribution in [0.25, 0.3) is 10.9 Å². The first kappa shape index (κ1) is 18.8. The number of aryl methyl sites for hydroxylation is 1. The lowest BCUT2D eigenvalue weighted by molar-refractivity contribution is 0.0745. The fraction of sp³-hybridized carbons (Fsp3) is 0.455. The third kappa shape index (κ3) is 3.58. The van der Waals surface area contributed by atoms with Gasteiger partial charge >= 0.3 is 0 Å². The molecule has 1 aliphatic carbocycles. The highest BCUT2D eigenvalue weighted by molar-refractivity contribution is 5.95. The lowest BCUT2D eigenvalue weighted by atomic mass is 10.1. The van der Waals surface area contributed by atoms with Crippen LogP contribution in [0.5, 0.6) is 5.88 Å². The van der Waals surface area contributed by atoms with E-state index >= 15 is 0 Å². The van der Waals surface area contributed by atoms with Crippen LogP contribution in [0, 0.1) is 6.92 Å². The van der Waals surface area contributed by atoms with Gasteiger partial charge in [-0.15, -0.1) is 0 Å². The van der Waals surface area contributed by atoms with Gasteiger partial charge in [-0.25, -0.2) is 9.97 Å². The Morgan fingerprint density at radius 2 is 1.93 bits per heavy atom. The first-order chi connectivity index (χ1) is 14.7. The van der Waals surface area contributed by atoms with Gasteiger partial charge in [0.25, 0.3) is 5.91 Å². The Kier molecular flexibility index (Phi) is 4.98. The fourth-order valence-electron chi connectivity index (χ4n) is 4.32. The van der Waals surface area contributed by atoms with Gasteiger partial charge < -0.3 is 19.1 Å². The third-order valence-corrected chi connectivity index (χ3v) is 6.08. The number of benzene rings is 1. The maximum absolute atomic E-state index is 12.7. The van der Waals surface area contributed by atoms with Crippen molar-refractivity contribution in [1.29, 1.82) is 0 Å². The van der Waals surface area contributed by atoms with Crippen LogP contribution in [0.3, 0.4) is 0 Å². The summed E-state index contributed by atoms with van der Waals surface area (Å²) >= 11 is 0. The molecule has 2 fully saturated rings. The number of rotatable bonds is 4. The summed E-state index contributed by atoms with van der Waals surface area (Å²) in [7, 11) is 0. The van der Waals surface area contributed by atoms with Crippen molar-refractivity contribution in [2.24, 2.45) is 0 Å². The minimum absolute atomic E-state index is 0.0208. The highest BCUT2D eigenvalue weighted by Crippen LogP contribution is 2.30. The summed E-state index contributed by atoms with van der Waals surface area (Å²) in [6, 6.07) is 6.21. The Hall–Kier alpha value is -3.16. The number of carbonyl (C=O) groups is 1. The topological polar surface area (TPSA) is 84.6 Å². The van der Waals surface area contributed by atoms with E-state index in [0.717, 1.165) is 42.5 Å². The summed E-state index contributed by atoms with van der Waals surface area (Å²) in [5.41, 5.74) is 2.53. The number of anilines is 1. The van der Waals surface area contributed by atoms with Gasteiger partial charge in [-0.2, -0.15) is 0 Å². The molecule has 3 heterocycles. The van der Waals surface area contributed by atoms with E-state index in [4.69, 9.17) is 9.26 Å². The van der Waals surface area contributed by atoms with E-state index in [9.17, 15) is 4.79 Å². The second kappa shape index (κ2) is 7.93. The molecule has 1 saturated carbocycles. The molecule has 1 aliphatic heterocycles. The van der Waals surface area contributed by atoms with Crippen molar-refractivity contribution >= 4 is 22.5 Å². The zero-order chi connectivity index (χ0) is 20.5. The summed E-state index contributed by atoms with van der Waals surface area (Å²) in [6.45, 7) is 4.58. The van der Waals surface area contributed by atoms with Crippen molar-refractivity contribution in [3.63, 3.8) is 0 Å². The van der Waals surface area contributed by atoms with E-state index in [1.54, 1.807) is 13.3 Å². The quantitative estimate of drug-likeness (QED) is 0.656. The van der Waals surface area contributed by atoms with Gasteiger partial charge in [0.2, 0.25) is 5.88 Å². The molecule has 5 rings (SSSR count). The fourth-order valence-corrected chi connectivity index (χ4v) is 4.32. The molecular weight excluding hydrogens is 382 g/mol. The molecule has 8 nitrogen and oxygen atoms in total. The molecule has 30 heavy (non-hydrogen) atoms. The van der Waals surface area contributed by atoms with Crippen molar-refractivity contribution in [2.75, 3.05) is 31.1 Å². The molecule has 2 aromatic heterocycles. The van der Waals surface area contributed by atoms with Crippen molar-refractivity contribution in [2.45, 2.75) is 38.7 Å². The average Bonchev–Trinajstić information content (AvgIpc) is 3.45. The Morgan fingerprint density at radius 1 is 1.13 bits per heavy atom. The molecule has 0 atom stereocenters. The van der Waals surface area contributed by atoms with Gasteiger partial charge in [0.1, 0.15) is 23.8 Å². The molecular formula is C22H25N5O3. The van der Waals surface area contributed by atoms with E-state index in [0.29, 0.717) is 30.3 Å². The van der Waals surface area contributed by atoms with Gasteiger partial charge in [-0.05, 0) is 50.8 Å². The smallest absolute Gasteiger partial charge is 0.259 e. The zero-order valence-electron chi connectivity index (χ0n) is 17.1. The maximum atomic E-state index is 12.7. The van der Waals surface area contributed by atoms with Crippen LogP contribution in [0.4, 0.5) is 5.69 Å². The van der Waals surface area contributed by atoms with Crippen LogP contribution in [0.15, 0.2) is 35.2 Å². The van der Waals surface area contributed by atoms with Crippen LogP contribution in [-0.2, 0) is 0 Å². The van der Waals surface area contributed by atoms with Gasteiger partial charge in [0, 0.05) is 31.9 Å². The highest BCUT2D eigenvalue weighted by atomic mass is 16.5. The van der Waals surface area contributed by atoms with Gasteiger partial charge in [0.15, 0.2) is 0 Å². The molecule has 0 bridgehead atoms. The molecule has 2 aliphatic rings. The standard InChI is InChI=1S/C22H25N5O3/c1-15-19(13-25-30-15)22(28)27-10-8-26(9-11-27)16-6-7-20-18(12-16)21(24-14-23-20)29-17-4-2-3-5-17/h6-7,12-14,17H,2-5,8-11H2,1H3. The Labute approximate surface area is 174 Å². The van der Waals surface area contributed by atoms with E-state index < -0.39 is 0 Å². The van der Waals surface area contributed by atoms with E-state index in [1.165, 1.54) is 19.0 Å². The van der Waals surface area contributed by atoms with Crippen LogP contribution in [0.2, 0.25) is 0 Å². The minimum atomic E-state index is -0.0208.